The largest absolute Gasteiger partial charge is 0.313 e. The lowest BCUT2D eigenvalue weighted by atomic mass is 9.71. The molecule has 0 aliphatic carbocycles. The molecule has 37 heavy (non-hydrogen) atoms. The molecule has 1 aromatic heterocycles. The Bertz CT molecular complexity index is 1120. The molecular weight excluding hydrogens is 454 g/mol. The fourth-order valence-electron chi connectivity index (χ4n) is 5.68. The summed E-state index contributed by atoms with van der Waals surface area (Å²) in [6.45, 7) is 13.4. The zero-order chi connectivity index (χ0) is 26.1. The summed E-state index contributed by atoms with van der Waals surface area (Å²) >= 11 is 0. The molecule has 196 valence electrons. The number of hydrogen-bond acceptors (Lipinski definition) is 5. The molecule has 3 aromatic rings. The van der Waals surface area contributed by atoms with E-state index in [4.69, 9.17) is 0 Å². The van der Waals surface area contributed by atoms with Gasteiger partial charge in [0.05, 0.1) is 6.54 Å². The van der Waals surface area contributed by atoms with Crippen molar-refractivity contribution in [2.75, 3.05) is 19.6 Å². The third-order valence-corrected chi connectivity index (χ3v) is 7.40. The fraction of sp³-hybridized carbons (Fsp3) is 0.469. The summed E-state index contributed by atoms with van der Waals surface area (Å²) in [5.41, 5.74) is 5.67. The van der Waals surface area contributed by atoms with Gasteiger partial charge < -0.3 is 5.32 Å². The average molecular weight is 498 g/mol. The van der Waals surface area contributed by atoms with Crippen LogP contribution in [0.25, 0.3) is 11.1 Å². The van der Waals surface area contributed by atoms with Crippen molar-refractivity contribution in [1.29, 1.82) is 0 Å². The van der Waals surface area contributed by atoms with Crippen molar-refractivity contribution in [3.8, 4) is 11.1 Å². The minimum atomic E-state index is 0.111. The van der Waals surface area contributed by atoms with Gasteiger partial charge in [0.25, 0.3) is 0 Å². The van der Waals surface area contributed by atoms with Crippen molar-refractivity contribution in [2.24, 2.45) is 21.2 Å². The number of benzene rings is 2. The molecule has 1 aliphatic rings. The Morgan fingerprint density at radius 1 is 0.892 bits per heavy atom. The molecule has 5 heteroatoms. The summed E-state index contributed by atoms with van der Waals surface area (Å²) in [4.78, 5) is 4.22. The van der Waals surface area contributed by atoms with E-state index < -0.39 is 0 Å². The quantitative estimate of drug-likeness (QED) is 0.244. The summed E-state index contributed by atoms with van der Waals surface area (Å²) in [5.74, 6) is 0. The van der Waals surface area contributed by atoms with Gasteiger partial charge in [-0.15, -0.1) is 0 Å². The molecule has 2 heterocycles. The van der Waals surface area contributed by atoms with Gasteiger partial charge in [-0.25, -0.2) is 0 Å². The summed E-state index contributed by atoms with van der Waals surface area (Å²) < 4.78 is 0. The normalized spacial score (nSPS) is 15.9. The van der Waals surface area contributed by atoms with E-state index in [9.17, 15) is 0 Å². The van der Waals surface area contributed by atoms with Crippen LogP contribution in [0.1, 0.15) is 70.5 Å². The van der Waals surface area contributed by atoms with Crippen LogP contribution in [0.5, 0.6) is 0 Å². The second-order valence-electron chi connectivity index (χ2n) is 12.0. The molecule has 5 nitrogen and oxygen atoms in total. The highest BCUT2D eigenvalue weighted by Crippen LogP contribution is 2.39. The molecule has 2 aromatic carbocycles. The van der Waals surface area contributed by atoms with E-state index in [0.29, 0.717) is 5.41 Å². The van der Waals surface area contributed by atoms with Crippen LogP contribution < -0.4 is 5.32 Å². The summed E-state index contributed by atoms with van der Waals surface area (Å²) in [7, 11) is 0. The first-order valence-electron chi connectivity index (χ1n) is 13.7. The number of hydrogen-bond donors (Lipinski definition) is 1. The van der Waals surface area contributed by atoms with E-state index >= 15 is 0 Å². The number of nitrogens with one attached hydrogen (secondary N) is 1. The smallest absolute Gasteiger partial charge is 0.119 e. The first-order valence-corrected chi connectivity index (χ1v) is 13.7. The van der Waals surface area contributed by atoms with Crippen LogP contribution in [-0.4, -0.2) is 29.6 Å². The molecule has 0 bridgehead atoms. The first-order chi connectivity index (χ1) is 17.8. The molecule has 1 unspecified atom stereocenters. The number of pyridine rings is 1. The van der Waals surface area contributed by atoms with Gasteiger partial charge in [-0.05, 0) is 71.4 Å². The number of nitrogens with zero attached hydrogens (tertiary/aromatic N) is 4. The van der Waals surface area contributed by atoms with E-state index in [0.717, 1.165) is 38.2 Å². The van der Waals surface area contributed by atoms with E-state index in [1.807, 2.05) is 12.3 Å². The summed E-state index contributed by atoms with van der Waals surface area (Å²) in [5, 5.41) is 14.7. The lowest BCUT2D eigenvalue weighted by Crippen LogP contribution is -2.29. The van der Waals surface area contributed by atoms with Crippen molar-refractivity contribution in [3.63, 3.8) is 0 Å². The highest BCUT2D eigenvalue weighted by molar-refractivity contribution is 5.67. The fourth-order valence-corrected chi connectivity index (χ4v) is 5.68. The van der Waals surface area contributed by atoms with Crippen molar-refractivity contribution in [2.45, 2.75) is 66.0 Å². The van der Waals surface area contributed by atoms with E-state index in [1.54, 1.807) is 6.20 Å². The second-order valence-corrected chi connectivity index (χ2v) is 12.0. The van der Waals surface area contributed by atoms with Gasteiger partial charge >= 0.3 is 0 Å². The highest BCUT2D eigenvalue weighted by Gasteiger charge is 2.30. The Balaban J connectivity index is 1.17. The minimum Gasteiger partial charge on any atom is -0.313 e. The van der Waals surface area contributed by atoms with Gasteiger partial charge in [0.15, 0.2) is 0 Å². The van der Waals surface area contributed by atoms with Gasteiger partial charge in [0, 0.05) is 25.5 Å². The van der Waals surface area contributed by atoms with Crippen molar-refractivity contribution < 1.29 is 0 Å². The predicted octanol–water partition coefficient (Wildman–Crippen LogP) is 7.88. The minimum absolute atomic E-state index is 0.111. The van der Waals surface area contributed by atoms with Crippen LogP contribution >= 0.6 is 0 Å². The van der Waals surface area contributed by atoms with E-state index in [-0.39, 0.29) is 11.5 Å². The van der Waals surface area contributed by atoms with Crippen molar-refractivity contribution in [3.05, 3.63) is 90.3 Å². The molecule has 0 saturated heterocycles. The van der Waals surface area contributed by atoms with Crippen LogP contribution in [0, 0.1) is 10.8 Å². The Labute approximate surface area is 223 Å². The van der Waals surface area contributed by atoms with Crippen molar-refractivity contribution in [1.82, 2.24) is 15.3 Å². The lowest BCUT2D eigenvalue weighted by Gasteiger charge is -2.36. The maximum atomic E-state index is 4.47. The van der Waals surface area contributed by atoms with Gasteiger partial charge in [0.1, 0.15) is 6.04 Å². The Kier molecular flexibility index (Phi) is 9.09. The van der Waals surface area contributed by atoms with Crippen LogP contribution in [0.3, 0.4) is 0 Å². The van der Waals surface area contributed by atoms with Crippen molar-refractivity contribution >= 4 is 0 Å². The zero-order valence-corrected chi connectivity index (χ0v) is 23.0. The Morgan fingerprint density at radius 3 is 2.43 bits per heavy atom. The average Bonchev–Trinajstić information content (AvgIpc) is 3.37. The molecular formula is C32H43N5. The molecule has 0 saturated carbocycles. The van der Waals surface area contributed by atoms with E-state index in [1.165, 1.54) is 36.0 Å². The molecule has 1 atom stereocenters. The topological polar surface area (TPSA) is 52.9 Å². The predicted molar refractivity (Wildman–Crippen MR) is 153 cm³/mol. The number of aromatic nitrogens is 1. The van der Waals surface area contributed by atoms with Gasteiger partial charge in [-0.3, -0.25) is 9.99 Å². The molecule has 0 fully saturated rings. The van der Waals surface area contributed by atoms with Crippen LogP contribution in [0.2, 0.25) is 0 Å². The molecule has 1 N–H and O–H groups in total. The molecule has 1 aliphatic heterocycles. The van der Waals surface area contributed by atoms with Gasteiger partial charge in [-0.1, -0.05) is 93.6 Å². The zero-order valence-electron chi connectivity index (χ0n) is 23.0. The Morgan fingerprint density at radius 2 is 1.65 bits per heavy atom. The lowest BCUT2D eigenvalue weighted by molar-refractivity contribution is 0.148. The third kappa shape index (κ3) is 8.22. The third-order valence-electron chi connectivity index (χ3n) is 7.40. The van der Waals surface area contributed by atoms with Gasteiger partial charge in [0.2, 0.25) is 0 Å². The first kappa shape index (κ1) is 27.0. The molecule has 4 rings (SSSR count). The summed E-state index contributed by atoms with van der Waals surface area (Å²) in [6, 6.07) is 23.6. The molecule has 0 amide bonds. The number of rotatable bonds is 13. The maximum absolute atomic E-state index is 4.47. The summed E-state index contributed by atoms with van der Waals surface area (Å²) in [6.07, 6.45) is 8.42. The van der Waals surface area contributed by atoms with Crippen LogP contribution in [-0.2, 0) is 6.54 Å². The Hall–Kier alpha value is -3.05. The van der Waals surface area contributed by atoms with Gasteiger partial charge in [-0.2, -0.15) is 5.11 Å². The maximum Gasteiger partial charge on any atom is 0.119 e. The second kappa shape index (κ2) is 12.5. The van der Waals surface area contributed by atoms with Crippen LogP contribution in [0.4, 0.5) is 0 Å². The standard InChI is InChI=1S/C32H43N5/c1-31(2,17-11-20-34-22-27-14-8-9-16-29(27)26-12-6-5-7-13-26)25-32(3,4)18-21-37-24-30(35-36-37)28-15-10-19-33-23-28/h5-10,12-16,19,23,30,34H,11,17-18,20-22,24-25H2,1-4H3. The SMILES string of the molecule is CC(C)(CCCNCc1ccccc1-c1ccccc1)CC(C)(C)CCN1CC(c2cccnc2)N=N1. The monoisotopic (exact) mass is 497 g/mol. The highest BCUT2D eigenvalue weighted by atomic mass is 15.6. The molecule has 0 radical (unpaired) electrons. The van der Waals surface area contributed by atoms with E-state index in [2.05, 4.69) is 114 Å². The van der Waals surface area contributed by atoms with Crippen LogP contribution in [0.15, 0.2) is 89.5 Å². The molecule has 0 spiro atoms.